The van der Waals surface area contributed by atoms with Gasteiger partial charge >= 0.3 is 0 Å². The minimum atomic E-state index is -0.174. The minimum Gasteiger partial charge on any atom is -0.313 e. The van der Waals surface area contributed by atoms with Gasteiger partial charge in [-0.05, 0) is 49.9 Å². The maximum absolute atomic E-state index is 14.1. The highest BCUT2D eigenvalue weighted by Crippen LogP contribution is 2.35. The highest BCUT2D eigenvalue weighted by Gasteiger charge is 2.14. The average molecular weight is 340 g/mol. The van der Waals surface area contributed by atoms with Crippen LogP contribution in [0.25, 0.3) is 0 Å². The van der Waals surface area contributed by atoms with E-state index < -0.39 is 0 Å². The summed E-state index contributed by atoms with van der Waals surface area (Å²) in [6, 6.07) is 13.2. The highest BCUT2D eigenvalue weighted by atomic mass is 79.9. The summed E-state index contributed by atoms with van der Waals surface area (Å²) >= 11 is 4.86. The molecule has 1 unspecified atom stereocenters. The van der Waals surface area contributed by atoms with Gasteiger partial charge in [-0.25, -0.2) is 4.39 Å². The molecule has 0 amide bonds. The van der Waals surface area contributed by atoms with Gasteiger partial charge in [-0.3, -0.25) is 0 Å². The van der Waals surface area contributed by atoms with Gasteiger partial charge in [-0.15, -0.1) is 0 Å². The van der Waals surface area contributed by atoms with Crippen molar-refractivity contribution in [2.45, 2.75) is 22.8 Å². The third kappa shape index (κ3) is 3.59. The van der Waals surface area contributed by atoms with Crippen molar-refractivity contribution < 1.29 is 4.39 Å². The molecule has 0 aromatic heterocycles. The number of nitrogens with one attached hydrogen (secondary N) is 1. The normalized spacial score (nSPS) is 12.4. The molecule has 0 heterocycles. The van der Waals surface area contributed by atoms with E-state index in [0.717, 1.165) is 14.9 Å². The van der Waals surface area contributed by atoms with Crippen LogP contribution in [0.2, 0.25) is 0 Å². The van der Waals surface area contributed by atoms with Crippen LogP contribution in [0.4, 0.5) is 4.39 Å². The van der Waals surface area contributed by atoms with E-state index in [2.05, 4.69) is 21.2 Å². The van der Waals surface area contributed by atoms with Gasteiger partial charge in [0.15, 0.2) is 0 Å². The van der Waals surface area contributed by atoms with Crippen LogP contribution >= 0.6 is 27.7 Å². The number of halogens is 2. The maximum Gasteiger partial charge on any atom is 0.137 e. The van der Waals surface area contributed by atoms with Crippen molar-refractivity contribution in [3.63, 3.8) is 0 Å². The van der Waals surface area contributed by atoms with Crippen LogP contribution in [-0.4, -0.2) is 7.05 Å². The van der Waals surface area contributed by atoms with Crippen LogP contribution < -0.4 is 5.32 Å². The van der Waals surface area contributed by atoms with Crippen LogP contribution in [0.5, 0.6) is 0 Å². The van der Waals surface area contributed by atoms with Crippen LogP contribution in [0.15, 0.2) is 56.7 Å². The van der Waals surface area contributed by atoms with E-state index in [1.54, 1.807) is 6.07 Å². The molecule has 0 aliphatic heterocycles. The first-order valence-corrected chi connectivity index (χ1v) is 7.62. The topological polar surface area (TPSA) is 12.0 Å². The lowest BCUT2D eigenvalue weighted by Gasteiger charge is -2.16. The van der Waals surface area contributed by atoms with E-state index >= 15 is 0 Å². The summed E-state index contributed by atoms with van der Waals surface area (Å²) in [6.07, 6.45) is 0. The molecule has 0 bridgehead atoms. The molecular weight excluding hydrogens is 325 g/mol. The largest absolute Gasteiger partial charge is 0.313 e. The molecule has 1 N–H and O–H groups in total. The maximum atomic E-state index is 14.1. The van der Waals surface area contributed by atoms with Crippen LogP contribution in [0, 0.1) is 5.82 Å². The molecule has 1 atom stereocenters. The molecule has 2 aromatic carbocycles. The predicted octanol–water partition coefficient (Wildman–Crippen LogP) is 5.02. The van der Waals surface area contributed by atoms with Gasteiger partial charge in [-0.2, -0.15) is 0 Å². The molecule has 0 aliphatic carbocycles. The summed E-state index contributed by atoms with van der Waals surface area (Å²) in [5, 5.41) is 3.16. The zero-order chi connectivity index (χ0) is 13.8. The Morgan fingerprint density at radius 2 is 1.84 bits per heavy atom. The Hall–Kier alpha value is -0.840. The summed E-state index contributed by atoms with van der Waals surface area (Å²) in [5.74, 6) is -0.174. The molecule has 0 aliphatic rings. The molecule has 0 saturated carbocycles. The van der Waals surface area contributed by atoms with Crippen molar-refractivity contribution in [2.24, 2.45) is 0 Å². The first-order valence-electron chi connectivity index (χ1n) is 6.01. The molecule has 100 valence electrons. The third-order valence-corrected chi connectivity index (χ3v) is 4.60. The van der Waals surface area contributed by atoms with E-state index in [1.165, 1.54) is 17.8 Å². The Balaban J connectivity index is 2.35. The minimum absolute atomic E-state index is 0.119. The molecule has 4 heteroatoms. The molecule has 2 rings (SSSR count). The van der Waals surface area contributed by atoms with Gasteiger partial charge in [0, 0.05) is 15.4 Å². The average Bonchev–Trinajstić information content (AvgIpc) is 2.42. The van der Waals surface area contributed by atoms with Crippen LogP contribution in [-0.2, 0) is 0 Å². The van der Waals surface area contributed by atoms with Crippen molar-refractivity contribution >= 4 is 27.7 Å². The molecule has 19 heavy (non-hydrogen) atoms. The quantitative estimate of drug-likeness (QED) is 0.839. The molecule has 2 aromatic rings. The molecule has 0 saturated heterocycles. The summed E-state index contributed by atoms with van der Waals surface area (Å²) < 4.78 is 15.1. The number of benzene rings is 2. The van der Waals surface area contributed by atoms with E-state index in [1.807, 2.05) is 44.3 Å². The fourth-order valence-corrected chi connectivity index (χ4v) is 3.05. The van der Waals surface area contributed by atoms with Crippen molar-refractivity contribution in [3.8, 4) is 0 Å². The van der Waals surface area contributed by atoms with Crippen molar-refractivity contribution in [1.29, 1.82) is 0 Å². The lowest BCUT2D eigenvalue weighted by molar-refractivity contribution is 0.576. The fourth-order valence-electron chi connectivity index (χ4n) is 1.75. The molecular formula is C15H15BrFNS. The van der Waals surface area contributed by atoms with Gasteiger partial charge in [0.25, 0.3) is 0 Å². The lowest BCUT2D eigenvalue weighted by Crippen LogP contribution is -2.13. The molecule has 0 fully saturated rings. The smallest absolute Gasteiger partial charge is 0.137 e. The highest BCUT2D eigenvalue weighted by molar-refractivity contribution is 9.10. The predicted molar refractivity (Wildman–Crippen MR) is 82.1 cm³/mol. The van der Waals surface area contributed by atoms with E-state index in [9.17, 15) is 4.39 Å². The summed E-state index contributed by atoms with van der Waals surface area (Å²) in [7, 11) is 1.88. The van der Waals surface area contributed by atoms with E-state index in [4.69, 9.17) is 0 Å². The lowest BCUT2D eigenvalue weighted by atomic mass is 10.1. The molecule has 0 spiro atoms. The first kappa shape index (κ1) is 14.6. The summed E-state index contributed by atoms with van der Waals surface area (Å²) in [5.41, 5.74) is 0.982. The van der Waals surface area contributed by atoms with Gasteiger partial charge in [0.1, 0.15) is 5.82 Å². The Bertz CT molecular complexity index is 557. The second-order valence-corrected chi connectivity index (χ2v) is 6.22. The first-order chi connectivity index (χ1) is 9.11. The Kier molecular flexibility index (Phi) is 5.02. The number of hydrogen-bond donors (Lipinski definition) is 1. The monoisotopic (exact) mass is 339 g/mol. The summed E-state index contributed by atoms with van der Waals surface area (Å²) in [6.45, 7) is 2.03. The summed E-state index contributed by atoms with van der Waals surface area (Å²) in [4.78, 5) is 1.71. The molecule has 0 radical (unpaired) electrons. The second-order valence-electron chi connectivity index (χ2n) is 4.22. The van der Waals surface area contributed by atoms with Crippen molar-refractivity contribution in [1.82, 2.24) is 5.32 Å². The second kappa shape index (κ2) is 6.55. The van der Waals surface area contributed by atoms with Gasteiger partial charge in [-0.1, -0.05) is 39.8 Å². The fraction of sp³-hybridized carbons (Fsp3) is 0.200. The number of hydrogen-bond acceptors (Lipinski definition) is 2. The van der Waals surface area contributed by atoms with E-state index in [0.29, 0.717) is 4.90 Å². The van der Waals surface area contributed by atoms with Gasteiger partial charge < -0.3 is 5.32 Å². The van der Waals surface area contributed by atoms with Crippen LogP contribution in [0.3, 0.4) is 0 Å². The SMILES string of the molecule is CNC(C)c1cccc(F)c1Sc1ccc(Br)cc1. The Labute approximate surface area is 125 Å². The van der Waals surface area contributed by atoms with Crippen LogP contribution in [0.1, 0.15) is 18.5 Å². The zero-order valence-corrected chi connectivity index (χ0v) is 13.2. The Morgan fingerprint density at radius 1 is 1.16 bits per heavy atom. The Morgan fingerprint density at radius 3 is 2.47 bits per heavy atom. The molecule has 1 nitrogen and oxygen atoms in total. The number of rotatable bonds is 4. The van der Waals surface area contributed by atoms with Crippen molar-refractivity contribution in [3.05, 3.63) is 58.3 Å². The zero-order valence-electron chi connectivity index (χ0n) is 10.8. The van der Waals surface area contributed by atoms with Gasteiger partial charge in [0.2, 0.25) is 0 Å². The third-order valence-electron chi connectivity index (χ3n) is 2.93. The standard InChI is InChI=1S/C15H15BrFNS/c1-10(18-2)13-4-3-5-14(17)15(13)19-12-8-6-11(16)7-9-12/h3-10,18H,1-2H3. The van der Waals surface area contributed by atoms with E-state index in [-0.39, 0.29) is 11.9 Å². The van der Waals surface area contributed by atoms with Crippen molar-refractivity contribution in [2.75, 3.05) is 7.05 Å². The van der Waals surface area contributed by atoms with Gasteiger partial charge in [0.05, 0.1) is 4.90 Å².